The summed E-state index contributed by atoms with van der Waals surface area (Å²) in [6, 6.07) is 12.8. The molecule has 0 aliphatic rings. The highest BCUT2D eigenvalue weighted by atomic mass is 16.3. The average molecular weight is 414 g/mol. The lowest BCUT2D eigenvalue weighted by molar-refractivity contribution is 0.0662. The maximum absolute atomic E-state index is 12.6. The number of unbranched alkanes of at least 4 members (excludes halogenated alkanes) is 9. The first-order valence-electron chi connectivity index (χ1n) is 11.7. The van der Waals surface area contributed by atoms with Gasteiger partial charge in [-0.25, -0.2) is 0 Å². The van der Waals surface area contributed by atoms with Crippen LogP contribution in [0.25, 0.3) is 10.8 Å². The Morgan fingerprint density at radius 2 is 1.47 bits per heavy atom. The van der Waals surface area contributed by atoms with Crippen molar-refractivity contribution in [2.45, 2.75) is 89.7 Å². The minimum Gasteiger partial charge on any atom is -0.394 e. The van der Waals surface area contributed by atoms with Crippen LogP contribution in [0.4, 0.5) is 0 Å². The number of aliphatic hydroxyl groups excluding tert-OH is 2. The predicted molar refractivity (Wildman–Crippen MR) is 125 cm³/mol. The third kappa shape index (κ3) is 8.45. The van der Waals surface area contributed by atoms with Gasteiger partial charge >= 0.3 is 0 Å². The van der Waals surface area contributed by atoms with E-state index in [1.807, 2.05) is 36.4 Å². The van der Waals surface area contributed by atoms with Crippen molar-refractivity contribution >= 4 is 16.7 Å². The van der Waals surface area contributed by atoms with Crippen LogP contribution in [0, 0.1) is 0 Å². The van der Waals surface area contributed by atoms with Crippen LogP contribution in [0.2, 0.25) is 0 Å². The first kappa shape index (κ1) is 24.4. The summed E-state index contributed by atoms with van der Waals surface area (Å²) in [4.78, 5) is 12.6. The fourth-order valence-electron chi connectivity index (χ4n) is 3.89. The molecule has 0 heterocycles. The Balaban J connectivity index is 1.67. The second-order valence-electron chi connectivity index (χ2n) is 8.36. The summed E-state index contributed by atoms with van der Waals surface area (Å²) in [6.07, 6.45) is 12.3. The van der Waals surface area contributed by atoms with Gasteiger partial charge in [-0.3, -0.25) is 4.79 Å². The number of hydrogen-bond acceptors (Lipinski definition) is 3. The molecule has 4 nitrogen and oxygen atoms in total. The summed E-state index contributed by atoms with van der Waals surface area (Å²) in [5, 5.41) is 24.9. The Labute approximate surface area is 181 Å². The minimum absolute atomic E-state index is 0.262. The highest BCUT2D eigenvalue weighted by molar-refractivity contribution is 5.98. The molecule has 0 saturated heterocycles. The van der Waals surface area contributed by atoms with Gasteiger partial charge in [-0.15, -0.1) is 0 Å². The molecule has 3 N–H and O–H groups in total. The van der Waals surface area contributed by atoms with Gasteiger partial charge in [0.2, 0.25) is 0 Å². The number of aliphatic hydroxyl groups is 2. The maximum Gasteiger partial charge on any atom is 0.251 e. The van der Waals surface area contributed by atoms with Crippen molar-refractivity contribution in [1.29, 1.82) is 0 Å². The van der Waals surface area contributed by atoms with E-state index >= 15 is 0 Å². The van der Waals surface area contributed by atoms with Gasteiger partial charge in [0.1, 0.15) is 0 Å². The molecule has 0 aliphatic heterocycles. The number of nitrogens with one attached hydrogen (secondary N) is 1. The third-order valence-electron chi connectivity index (χ3n) is 5.84. The zero-order chi connectivity index (χ0) is 21.6. The second-order valence-corrected chi connectivity index (χ2v) is 8.36. The fourth-order valence-corrected chi connectivity index (χ4v) is 3.89. The molecule has 0 bridgehead atoms. The van der Waals surface area contributed by atoms with E-state index in [1.54, 1.807) is 6.07 Å². The van der Waals surface area contributed by atoms with Gasteiger partial charge in [0.15, 0.2) is 0 Å². The number of carbonyl (C=O) groups is 1. The monoisotopic (exact) mass is 413 g/mol. The first-order chi connectivity index (χ1) is 14.7. The lowest BCUT2D eigenvalue weighted by Gasteiger charge is -2.22. The van der Waals surface area contributed by atoms with E-state index in [-0.39, 0.29) is 12.5 Å². The second kappa shape index (κ2) is 14.2. The standard InChI is InChI=1S/C26H39NO3/c1-2-3-4-5-6-7-8-9-10-11-16-25(29)24(20-28)27-26(30)23-18-17-21-14-12-13-15-22(21)19-23/h12-15,17-19,24-25,28-29H,2-11,16,20H2,1H3,(H,27,30)/t24-,25?/m0/s1. The van der Waals surface area contributed by atoms with E-state index in [4.69, 9.17) is 0 Å². The summed E-state index contributed by atoms with van der Waals surface area (Å²) < 4.78 is 0. The summed E-state index contributed by atoms with van der Waals surface area (Å²) in [6.45, 7) is 1.98. The molecule has 166 valence electrons. The van der Waals surface area contributed by atoms with E-state index in [9.17, 15) is 15.0 Å². The van der Waals surface area contributed by atoms with Gasteiger partial charge in [-0.1, -0.05) is 101 Å². The quantitative estimate of drug-likeness (QED) is 0.333. The third-order valence-corrected chi connectivity index (χ3v) is 5.84. The molecule has 0 aliphatic carbocycles. The molecule has 0 saturated carbocycles. The molecule has 2 aromatic rings. The molecule has 0 radical (unpaired) electrons. The Hall–Kier alpha value is -1.91. The van der Waals surface area contributed by atoms with Gasteiger partial charge in [0, 0.05) is 5.56 Å². The molecule has 0 fully saturated rings. The van der Waals surface area contributed by atoms with Crippen LogP contribution in [-0.2, 0) is 0 Å². The number of benzene rings is 2. The summed E-state index contributed by atoms with van der Waals surface area (Å²) in [7, 11) is 0. The summed E-state index contributed by atoms with van der Waals surface area (Å²) >= 11 is 0. The van der Waals surface area contributed by atoms with Crippen LogP contribution in [-0.4, -0.2) is 34.9 Å². The molecular formula is C26H39NO3. The van der Waals surface area contributed by atoms with E-state index < -0.39 is 12.1 Å². The number of fused-ring (bicyclic) bond motifs is 1. The molecule has 2 rings (SSSR count). The van der Waals surface area contributed by atoms with Crippen LogP contribution in [0.5, 0.6) is 0 Å². The smallest absolute Gasteiger partial charge is 0.251 e. The molecule has 0 aromatic heterocycles. The molecule has 2 aromatic carbocycles. The van der Waals surface area contributed by atoms with Gasteiger partial charge in [0.05, 0.1) is 18.8 Å². The number of hydrogen-bond donors (Lipinski definition) is 3. The molecule has 2 atom stereocenters. The lowest BCUT2D eigenvalue weighted by Crippen LogP contribution is -2.45. The average Bonchev–Trinajstić information content (AvgIpc) is 2.78. The van der Waals surface area contributed by atoms with Crippen LogP contribution in [0.3, 0.4) is 0 Å². The van der Waals surface area contributed by atoms with E-state index in [1.165, 1.54) is 51.4 Å². The largest absolute Gasteiger partial charge is 0.394 e. The van der Waals surface area contributed by atoms with Gasteiger partial charge in [0.25, 0.3) is 5.91 Å². The van der Waals surface area contributed by atoms with Crippen molar-refractivity contribution < 1.29 is 15.0 Å². The van der Waals surface area contributed by atoms with Crippen molar-refractivity contribution in [3.63, 3.8) is 0 Å². The molecule has 4 heteroatoms. The van der Waals surface area contributed by atoms with Gasteiger partial charge < -0.3 is 15.5 Å². The topological polar surface area (TPSA) is 69.6 Å². The van der Waals surface area contributed by atoms with Crippen LogP contribution in [0.1, 0.15) is 87.9 Å². The number of amides is 1. The van der Waals surface area contributed by atoms with E-state index in [2.05, 4.69) is 12.2 Å². The van der Waals surface area contributed by atoms with E-state index in [0.717, 1.165) is 23.6 Å². The number of rotatable bonds is 15. The molecule has 0 spiro atoms. The summed E-state index contributed by atoms with van der Waals surface area (Å²) in [5.41, 5.74) is 0.540. The Morgan fingerprint density at radius 1 is 0.867 bits per heavy atom. The molecular weight excluding hydrogens is 374 g/mol. The van der Waals surface area contributed by atoms with Crippen LogP contribution < -0.4 is 5.32 Å². The normalized spacial score (nSPS) is 13.3. The Kier molecular flexibility index (Phi) is 11.5. The predicted octanol–water partition coefficient (Wildman–Crippen LogP) is 5.60. The zero-order valence-electron chi connectivity index (χ0n) is 18.5. The Morgan fingerprint density at radius 3 is 2.10 bits per heavy atom. The van der Waals surface area contributed by atoms with Crippen molar-refractivity contribution in [1.82, 2.24) is 5.32 Å². The highest BCUT2D eigenvalue weighted by Crippen LogP contribution is 2.16. The number of carbonyl (C=O) groups excluding carboxylic acids is 1. The van der Waals surface area contributed by atoms with Crippen molar-refractivity contribution in [3.8, 4) is 0 Å². The molecule has 1 unspecified atom stereocenters. The SMILES string of the molecule is CCCCCCCCCCCCC(O)[C@H](CO)NC(=O)c1ccc2ccccc2c1. The van der Waals surface area contributed by atoms with Gasteiger partial charge in [-0.05, 0) is 29.3 Å². The van der Waals surface area contributed by atoms with Crippen molar-refractivity contribution in [2.24, 2.45) is 0 Å². The van der Waals surface area contributed by atoms with Crippen LogP contribution >= 0.6 is 0 Å². The fraction of sp³-hybridized carbons (Fsp3) is 0.577. The van der Waals surface area contributed by atoms with E-state index in [0.29, 0.717) is 12.0 Å². The van der Waals surface area contributed by atoms with Crippen molar-refractivity contribution in [3.05, 3.63) is 48.0 Å². The first-order valence-corrected chi connectivity index (χ1v) is 11.7. The summed E-state index contributed by atoms with van der Waals surface area (Å²) in [5.74, 6) is -0.262. The highest BCUT2D eigenvalue weighted by Gasteiger charge is 2.21. The van der Waals surface area contributed by atoms with Crippen molar-refractivity contribution in [2.75, 3.05) is 6.61 Å². The Bertz CT molecular complexity index is 746. The molecule has 1 amide bonds. The van der Waals surface area contributed by atoms with Gasteiger partial charge in [-0.2, -0.15) is 0 Å². The van der Waals surface area contributed by atoms with Crippen LogP contribution in [0.15, 0.2) is 42.5 Å². The maximum atomic E-state index is 12.6. The lowest BCUT2D eigenvalue weighted by atomic mass is 10.0. The molecule has 30 heavy (non-hydrogen) atoms. The zero-order valence-corrected chi connectivity index (χ0v) is 18.5. The minimum atomic E-state index is -0.728.